The third-order valence-electron chi connectivity index (χ3n) is 2.53. The lowest BCUT2D eigenvalue weighted by atomic mass is 10.2. The van der Waals surface area contributed by atoms with Crippen LogP contribution in [0.4, 0.5) is 5.69 Å². The van der Waals surface area contributed by atoms with E-state index in [1.807, 2.05) is 0 Å². The molecule has 0 amide bonds. The predicted molar refractivity (Wildman–Crippen MR) is 63.3 cm³/mol. The molecule has 0 bridgehead atoms. The molecule has 0 aromatic heterocycles. The van der Waals surface area contributed by atoms with Gasteiger partial charge in [0.1, 0.15) is 0 Å². The van der Waals surface area contributed by atoms with E-state index in [0.717, 1.165) is 12.8 Å². The van der Waals surface area contributed by atoms with Crippen molar-refractivity contribution in [1.82, 2.24) is 0 Å². The number of carbonyl (C=O) groups is 1. The number of methoxy groups -OCH3 is 1. The molecule has 0 radical (unpaired) electrons. The van der Waals surface area contributed by atoms with Crippen LogP contribution in [0.15, 0.2) is 24.3 Å². The lowest BCUT2D eigenvalue weighted by Crippen LogP contribution is -2.17. The van der Waals surface area contributed by atoms with Crippen LogP contribution in [0.3, 0.4) is 0 Å². The van der Waals surface area contributed by atoms with E-state index >= 15 is 0 Å². The number of rotatable bonds is 4. The van der Waals surface area contributed by atoms with Crippen LogP contribution in [0.25, 0.3) is 0 Å². The Morgan fingerprint density at radius 2 is 1.88 bits per heavy atom. The first kappa shape index (κ1) is 11.9. The van der Waals surface area contributed by atoms with Gasteiger partial charge in [0, 0.05) is 5.69 Å². The largest absolute Gasteiger partial charge is 0.465 e. The Balaban J connectivity index is 2.10. The van der Waals surface area contributed by atoms with Gasteiger partial charge in [-0.15, -0.1) is 0 Å². The normalized spacial score (nSPS) is 15.4. The SMILES string of the molecule is COC(=O)c1ccc(NS(=O)(=O)C2CC2)cc1. The third kappa shape index (κ3) is 2.76. The number of anilines is 1. The zero-order valence-corrected chi connectivity index (χ0v) is 10.2. The van der Waals surface area contributed by atoms with Gasteiger partial charge >= 0.3 is 5.97 Å². The molecule has 1 aliphatic carbocycles. The fraction of sp³-hybridized carbons (Fsp3) is 0.364. The summed E-state index contributed by atoms with van der Waals surface area (Å²) in [5.74, 6) is -0.443. The first-order chi connectivity index (χ1) is 8.03. The second kappa shape index (κ2) is 4.37. The fourth-order valence-corrected chi connectivity index (χ4v) is 2.81. The van der Waals surface area contributed by atoms with Crippen LogP contribution in [0, 0.1) is 0 Å². The number of benzene rings is 1. The Morgan fingerprint density at radius 1 is 1.29 bits per heavy atom. The van der Waals surface area contributed by atoms with Crippen LogP contribution < -0.4 is 4.72 Å². The van der Waals surface area contributed by atoms with Crippen molar-refractivity contribution in [2.45, 2.75) is 18.1 Å². The van der Waals surface area contributed by atoms with E-state index < -0.39 is 16.0 Å². The molecule has 2 rings (SSSR count). The highest BCUT2D eigenvalue weighted by molar-refractivity contribution is 7.93. The summed E-state index contributed by atoms with van der Waals surface area (Å²) < 4.78 is 30.3. The molecular weight excluding hydrogens is 242 g/mol. The summed E-state index contributed by atoms with van der Waals surface area (Å²) >= 11 is 0. The van der Waals surface area contributed by atoms with Gasteiger partial charge in [-0.25, -0.2) is 13.2 Å². The van der Waals surface area contributed by atoms with Gasteiger partial charge in [0.25, 0.3) is 0 Å². The van der Waals surface area contributed by atoms with Crippen LogP contribution >= 0.6 is 0 Å². The maximum Gasteiger partial charge on any atom is 0.337 e. The summed E-state index contributed by atoms with van der Waals surface area (Å²) in [6.45, 7) is 0. The molecule has 92 valence electrons. The average molecular weight is 255 g/mol. The number of ether oxygens (including phenoxy) is 1. The van der Waals surface area contributed by atoms with E-state index in [0.29, 0.717) is 11.3 Å². The van der Waals surface area contributed by atoms with Crippen molar-refractivity contribution in [3.63, 3.8) is 0 Å². The molecule has 1 aromatic rings. The smallest absolute Gasteiger partial charge is 0.337 e. The number of sulfonamides is 1. The van der Waals surface area contributed by atoms with E-state index in [-0.39, 0.29) is 5.25 Å². The van der Waals surface area contributed by atoms with Crippen molar-refractivity contribution in [1.29, 1.82) is 0 Å². The summed E-state index contributed by atoms with van der Waals surface area (Å²) in [5.41, 5.74) is 0.853. The van der Waals surface area contributed by atoms with Gasteiger partial charge in [-0.1, -0.05) is 0 Å². The number of hydrogen-bond acceptors (Lipinski definition) is 4. The molecule has 0 spiro atoms. The summed E-state index contributed by atoms with van der Waals surface area (Å²) in [7, 11) is -1.95. The van der Waals surface area contributed by atoms with Crippen molar-refractivity contribution >= 4 is 21.7 Å². The quantitative estimate of drug-likeness (QED) is 0.825. The molecule has 1 aromatic carbocycles. The molecule has 17 heavy (non-hydrogen) atoms. The van der Waals surface area contributed by atoms with Gasteiger partial charge in [0.05, 0.1) is 17.9 Å². The zero-order valence-electron chi connectivity index (χ0n) is 9.34. The molecule has 1 N–H and O–H groups in total. The minimum absolute atomic E-state index is 0.261. The molecule has 0 aliphatic heterocycles. The predicted octanol–water partition coefficient (Wildman–Crippen LogP) is 1.38. The Hall–Kier alpha value is -1.56. The average Bonchev–Trinajstić information content (AvgIpc) is 3.12. The van der Waals surface area contributed by atoms with Gasteiger partial charge < -0.3 is 4.74 Å². The molecule has 0 heterocycles. The lowest BCUT2D eigenvalue weighted by Gasteiger charge is -2.07. The Labute approximate surface area is 99.8 Å². The summed E-state index contributed by atoms with van der Waals surface area (Å²) in [6, 6.07) is 6.14. The van der Waals surface area contributed by atoms with Gasteiger partial charge in [0.2, 0.25) is 10.0 Å². The van der Waals surface area contributed by atoms with E-state index in [1.54, 1.807) is 12.1 Å². The standard InChI is InChI=1S/C11H13NO4S/c1-16-11(13)8-2-4-9(5-3-8)12-17(14,15)10-6-7-10/h2-5,10,12H,6-7H2,1H3. The second-order valence-electron chi connectivity index (χ2n) is 3.92. The molecule has 0 unspecified atom stereocenters. The highest BCUT2D eigenvalue weighted by atomic mass is 32.2. The van der Waals surface area contributed by atoms with E-state index in [1.165, 1.54) is 19.2 Å². The summed E-state index contributed by atoms with van der Waals surface area (Å²) in [6.07, 6.45) is 1.44. The fourth-order valence-electron chi connectivity index (χ4n) is 1.42. The molecule has 0 saturated heterocycles. The first-order valence-corrected chi connectivity index (χ1v) is 6.77. The minimum Gasteiger partial charge on any atom is -0.465 e. The van der Waals surface area contributed by atoms with E-state index in [4.69, 9.17) is 0 Å². The minimum atomic E-state index is -3.24. The molecule has 5 nitrogen and oxygen atoms in total. The van der Waals surface area contributed by atoms with Crippen LogP contribution in [0.5, 0.6) is 0 Å². The topological polar surface area (TPSA) is 72.5 Å². The summed E-state index contributed by atoms with van der Waals surface area (Å²) in [4.78, 5) is 11.2. The monoisotopic (exact) mass is 255 g/mol. The third-order valence-corrected chi connectivity index (χ3v) is 4.40. The van der Waals surface area contributed by atoms with Crippen molar-refractivity contribution in [3.8, 4) is 0 Å². The first-order valence-electron chi connectivity index (χ1n) is 5.23. The van der Waals surface area contributed by atoms with Crippen LogP contribution in [0.1, 0.15) is 23.2 Å². The molecular formula is C11H13NO4S. The van der Waals surface area contributed by atoms with E-state index in [9.17, 15) is 13.2 Å². The van der Waals surface area contributed by atoms with Crippen LogP contribution in [-0.2, 0) is 14.8 Å². The molecule has 6 heteroatoms. The molecule has 0 atom stereocenters. The molecule has 1 saturated carbocycles. The Morgan fingerprint density at radius 3 is 2.35 bits per heavy atom. The van der Waals surface area contributed by atoms with Crippen molar-refractivity contribution < 1.29 is 17.9 Å². The van der Waals surface area contributed by atoms with Crippen molar-refractivity contribution in [2.24, 2.45) is 0 Å². The van der Waals surface area contributed by atoms with E-state index in [2.05, 4.69) is 9.46 Å². The number of esters is 1. The number of hydrogen-bond donors (Lipinski definition) is 1. The highest BCUT2D eigenvalue weighted by Gasteiger charge is 2.35. The zero-order chi connectivity index (χ0) is 12.5. The summed E-state index contributed by atoms with van der Waals surface area (Å²) in [5, 5.41) is -0.261. The van der Waals surface area contributed by atoms with Gasteiger partial charge in [-0.05, 0) is 37.1 Å². The Bertz CT molecular complexity index is 517. The second-order valence-corrected chi connectivity index (χ2v) is 5.88. The number of nitrogens with one attached hydrogen (secondary N) is 1. The lowest BCUT2D eigenvalue weighted by molar-refractivity contribution is 0.0601. The highest BCUT2D eigenvalue weighted by Crippen LogP contribution is 2.29. The van der Waals surface area contributed by atoms with Gasteiger partial charge in [-0.2, -0.15) is 0 Å². The molecule has 1 aliphatic rings. The maximum absolute atomic E-state index is 11.6. The van der Waals surface area contributed by atoms with Crippen LogP contribution in [-0.4, -0.2) is 26.7 Å². The Kier molecular flexibility index (Phi) is 3.06. The number of carbonyl (C=O) groups excluding carboxylic acids is 1. The van der Waals surface area contributed by atoms with Gasteiger partial charge in [-0.3, -0.25) is 4.72 Å². The molecule has 1 fully saturated rings. The maximum atomic E-state index is 11.6. The van der Waals surface area contributed by atoms with Gasteiger partial charge in [0.15, 0.2) is 0 Å². The van der Waals surface area contributed by atoms with Crippen molar-refractivity contribution in [3.05, 3.63) is 29.8 Å². The van der Waals surface area contributed by atoms with Crippen molar-refractivity contribution in [2.75, 3.05) is 11.8 Å². The van der Waals surface area contributed by atoms with Crippen LogP contribution in [0.2, 0.25) is 0 Å².